The molecule has 8 N–H and O–H groups in total. The Labute approximate surface area is 390 Å². The Morgan fingerprint density at radius 1 is 0.632 bits per heavy atom. The third kappa shape index (κ3) is 10.7. The number of hydrogen-bond acceptors (Lipinski definition) is 12. The number of carbonyl (C=O) groups is 8. The Kier molecular flexibility index (Phi) is 14.8. The minimum atomic E-state index is -1.34. The highest BCUT2D eigenvalue weighted by Crippen LogP contribution is 2.23. The first-order valence-corrected chi connectivity index (χ1v) is 22.5. The number of carbonyl (C=O) groups excluding carboxylic acids is 8. The molecular weight excluding hydrogens is 885 g/mol. The maximum absolute atomic E-state index is 13.9. The highest BCUT2D eigenvalue weighted by molar-refractivity contribution is 6.03. The summed E-state index contributed by atoms with van der Waals surface area (Å²) in [5.74, 6) is -3.58. The molecule has 4 atom stereocenters. The molecule has 4 heterocycles. The van der Waals surface area contributed by atoms with Gasteiger partial charge in [-0.2, -0.15) is 0 Å². The number of benzene rings is 2. The number of fused-ring (bicyclic) bond motifs is 3. The summed E-state index contributed by atoms with van der Waals surface area (Å²) in [5.41, 5.74) is -2.82. The van der Waals surface area contributed by atoms with Crippen LogP contribution in [-0.4, -0.2) is 129 Å². The van der Waals surface area contributed by atoms with E-state index in [-0.39, 0.29) is 70.5 Å². The molecule has 2 aliphatic heterocycles. The molecule has 0 saturated carbocycles. The van der Waals surface area contributed by atoms with Crippen molar-refractivity contribution in [2.75, 3.05) is 36.9 Å². The second kappa shape index (κ2) is 20.1. The van der Waals surface area contributed by atoms with E-state index in [2.05, 4.69) is 41.9 Å². The number of nitrogens with zero attached hydrogens (tertiary/aromatic N) is 2. The van der Waals surface area contributed by atoms with E-state index in [4.69, 9.17) is 9.47 Å². The van der Waals surface area contributed by atoms with Gasteiger partial charge in [0.1, 0.15) is 46.3 Å². The average molecular weight is 943 g/mol. The second-order valence-corrected chi connectivity index (χ2v) is 17.9. The van der Waals surface area contributed by atoms with Gasteiger partial charge in [-0.25, -0.2) is 19.2 Å². The van der Waals surface area contributed by atoms with Crippen LogP contribution in [-0.2, 0) is 38.2 Å². The molecule has 2 aliphatic rings. The molecule has 0 radical (unpaired) electrons. The molecule has 68 heavy (non-hydrogen) atoms. The summed E-state index contributed by atoms with van der Waals surface area (Å²) in [6.07, 6.45) is 1.75. The number of aromatic amines is 2. The topological polar surface area (TPSA) is 299 Å². The maximum atomic E-state index is 13.9. The fraction of sp³-hybridized carbons (Fsp3) is 0.478. The van der Waals surface area contributed by atoms with Gasteiger partial charge in [0.2, 0.25) is 34.5 Å². The van der Waals surface area contributed by atoms with Crippen molar-refractivity contribution < 1.29 is 47.8 Å². The average Bonchev–Trinajstić information content (AvgIpc) is 3.99. The summed E-state index contributed by atoms with van der Waals surface area (Å²) in [7, 11) is 0. The van der Waals surface area contributed by atoms with Gasteiger partial charge in [-0.1, -0.05) is 0 Å². The van der Waals surface area contributed by atoms with Crippen molar-refractivity contribution in [3.63, 3.8) is 0 Å². The Bertz CT molecular complexity index is 2630. The lowest BCUT2D eigenvalue weighted by Gasteiger charge is -2.30. The zero-order valence-corrected chi connectivity index (χ0v) is 39.2. The summed E-state index contributed by atoms with van der Waals surface area (Å²) in [6.45, 7) is 13.0. The SMILES string of the molecule is CCOC(=O)C(C)(C)NC(=O)N1CCC[C@H]1C(=O)N[C@H](C)C(=O)Nc1ccc2[nH]c3c(=O)c4cc(NC(=O)[C@@H](C)NC(=O)[C@@H]5CCCN5C(=O)NC(C)(C)C(=O)OCC)ccc4[nH]c3c(=O)c2c1. The number of amides is 8. The van der Waals surface area contributed by atoms with E-state index in [0.29, 0.717) is 25.7 Å². The first-order valence-electron chi connectivity index (χ1n) is 22.5. The van der Waals surface area contributed by atoms with Gasteiger partial charge in [-0.15, -0.1) is 0 Å². The predicted octanol–water partition coefficient (Wildman–Crippen LogP) is 2.44. The molecule has 2 aromatic carbocycles. The van der Waals surface area contributed by atoms with Gasteiger partial charge in [-0.3, -0.25) is 28.8 Å². The number of pyridine rings is 2. The van der Waals surface area contributed by atoms with Crippen LogP contribution in [0.25, 0.3) is 32.8 Å². The third-order valence-electron chi connectivity index (χ3n) is 11.8. The molecular formula is C46H58N10O12. The standard InChI is InChI=1S/C46H58N10O12/c1-9-67-41(63)45(5,6)53-43(65)55-19-11-13-31(55)39(61)47-23(3)37(59)49-25-15-17-29-27(21-25)35(57)33-34(51-29)36(58)28-22-26(16-18-30(28)52-33)50-38(60)24(4)48-40(62)32-14-12-20-56(32)44(66)54-46(7,8)42(64)68-10-2/h15-18,21-24,31-32H,9-14,19-20H2,1-8H3,(H,47,61)(H,48,62)(H,49,59)(H,50,60)(H,51,57)(H,52,58)(H,53,65)(H,54,66)/t23-,24-,31+,32+/m1/s1. The largest absolute Gasteiger partial charge is 0.464 e. The van der Waals surface area contributed by atoms with Crippen molar-refractivity contribution in [3.05, 3.63) is 56.8 Å². The summed E-state index contributed by atoms with van der Waals surface area (Å²) in [6, 6.07) is 3.78. The molecule has 8 amide bonds. The van der Waals surface area contributed by atoms with Gasteiger partial charge in [0.15, 0.2) is 0 Å². The van der Waals surface area contributed by atoms with E-state index in [1.165, 1.54) is 87.7 Å². The number of nitrogens with one attached hydrogen (secondary N) is 8. The van der Waals surface area contributed by atoms with E-state index in [0.717, 1.165) is 0 Å². The molecule has 2 saturated heterocycles. The van der Waals surface area contributed by atoms with Crippen LogP contribution in [0.15, 0.2) is 46.0 Å². The predicted molar refractivity (Wildman–Crippen MR) is 251 cm³/mol. The molecule has 22 heteroatoms. The van der Waals surface area contributed by atoms with Crippen LogP contribution in [0, 0.1) is 0 Å². The van der Waals surface area contributed by atoms with Crippen molar-refractivity contribution in [1.29, 1.82) is 0 Å². The van der Waals surface area contributed by atoms with Crippen LogP contribution in [0.4, 0.5) is 21.0 Å². The number of H-pyrrole nitrogens is 2. The number of esters is 2. The molecule has 0 spiro atoms. The molecule has 4 aromatic rings. The van der Waals surface area contributed by atoms with Crippen LogP contribution >= 0.6 is 0 Å². The smallest absolute Gasteiger partial charge is 0.331 e. The van der Waals surface area contributed by atoms with E-state index in [1.54, 1.807) is 13.8 Å². The minimum absolute atomic E-state index is 0.0397. The zero-order valence-electron chi connectivity index (χ0n) is 39.2. The summed E-state index contributed by atoms with van der Waals surface area (Å²) in [4.78, 5) is 140. The molecule has 2 fully saturated rings. The van der Waals surface area contributed by atoms with Crippen LogP contribution in [0.3, 0.4) is 0 Å². The van der Waals surface area contributed by atoms with Gasteiger partial charge in [0, 0.05) is 35.2 Å². The van der Waals surface area contributed by atoms with Crippen molar-refractivity contribution in [2.45, 2.75) is 116 Å². The van der Waals surface area contributed by atoms with E-state index in [1.807, 2.05) is 0 Å². The Morgan fingerprint density at radius 2 is 1.00 bits per heavy atom. The first kappa shape index (κ1) is 49.9. The van der Waals surface area contributed by atoms with Crippen molar-refractivity contribution >= 4 is 91.8 Å². The van der Waals surface area contributed by atoms with Crippen LogP contribution < -0.4 is 42.8 Å². The molecule has 22 nitrogen and oxygen atoms in total. The van der Waals surface area contributed by atoms with Gasteiger partial charge < -0.3 is 61.1 Å². The Balaban J connectivity index is 1.10. The van der Waals surface area contributed by atoms with Crippen molar-refractivity contribution in [1.82, 2.24) is 41.0 Å². The Hall–Kier alpha value is -7.52. The summed E-state index contributed by atoms with van der Waals surface area (Å²) >= 11 is 0. The summed E-state index contributed by atoms with van der Waals surface area (Å²) < 4.78 is 10.1. The number of urea groups is 2. The van der Waals surface area contributed by atoms with Crippen LogP contribution in [0.1, 0.15) is 81.1 Å². The molecule has 0 aliphatic carbocycles. The number of hydrogen-bond donors (Lipinski definition) is 8. The normalized spacial score (nSPS) is 17.0. The van der Waals surface area contributed by atoms with Gasteiger partial charge in [0.25, 0.3) is 0 Å². The number of likely N-dealkylation sites (tertiary alicyclic amines) is 2. The molecule has 6 rings (SSSR count). The fourth-order valence-electron chi connectivity index (χ4n) is 8.06. The molecule has 2 aromatic heterocycles. The lowest BCUT2D eigenvalue weighted by molar-refractivity contribution is -0.150. The number of ether oxygens (including phenoxy) is 2. The third-order valence-corrected chi connectivity index (χ3v) is 11.8. The fourth-order valence-corrected chi connectivity index (χ4v) is 8.06. The maximum Gasteiger partial charge on any atom is 0.331 e. The molecule has 0 bridgehead atoms. The van der Waals surface area contributed by atoms with Gasteiger partial charge in [-0.05, 0) is 117 Å². The monoisotopic (exact) mass is 942 g/mol. The lowest BCUT2D eigenvalue weighted by atomic mass is 10.1. The zero-order chi connectivity index (χ0) is 49.8. The molecule has 0 unspecified atom stereocenters. The quantitative estimate of drug-likeness (QED) is 0.0668. The van der Waals surface area contributed by atoms with Crippen LogP contribution in [0.2, 0.25) is 0 Å². The highest BCUT2D eigenvalue weighted by Gasteiger charge is 2.41. The van der Waals surface area contributed by atoms with E-state index in [9.17, 15) is 47.9 Å². The molecule has 364 valence electrons. The van der Waals surface area contributed by atoms with Gasteiger partial charge >= 0.3 is 24.0 Å². The number of rotatable bonds is 14. The second-order valence-electron chi connectivity index (χ2n) is 17.9. The highest BCUT2D eigenvalue weighted by atomic mass is 16.5. The minimum Gasteiger partial charge on any atom is -0.464 e. The van der Waals surface area contributed by atoms with Crippen LogP contribution in [0.5, 0.6) is 0 Å². The Morgan fingerprint density at radius 3 is 1.35 bits per heavy atom. The van der Waals surface area contributed by atoms with Crippen molar-refractivity contribution in [2.24, 2.45) is 0 Å². The van der Waals surface area contributed by atoms with Gasteiger partial charge in [0.05, 0.1) is 24.2 Å². The van der Waals surface area contributed by atoms with Crippen molar-refractivity contribution in [3.8, 4) is 0 Å². The number of anilines is 2. The van der Waals surface area contributed by atoms with E-state index < -0.39 is 93.7 Å². The number of aromatic nitrogens is 2. The first-order chi connectivity index (χ1) is 32.1. The lowest BCUT2D eigenvalue weighted by Crippen LogP contribution is -2.58. The van der Waals surface area contributed by atoms with E-state index >= 15 is 0 Å². The summed E-state index contributed by atoms with van der Waals surface area (Å²) in [5, 5.41) is 16.2.